The van der Waals surface area contributed by atoms with E-state index in [-0.39, 0.29) is 16.8 Å². The number of carbonyl (C=O) groups excluding carboxylic acids is 1. The van der Waals surface area contributed by atoms with Crippen molar-refractivity contribution in [1.29, 1.82) is 0 Å². The highest BCUT2D eigenvalue weighted by Gasteiger charge is 2.18. The molecule has 0 bridgehead atoms. The van der Waals surface area contributed by atoms with Crippen molar-refractivity contribution < 1.29 is 13.2 Å². The zero-order valence-electron chi connectivity index (χ0n) is 14.6. The van der Waals surface area contributed by atoms with Gasteiger partial charge in [-0.05, 0) is 42.7 Å². The minimum Gasteiger partial charge on any atom is -0.339 e. The second-order valence-corrected chi connectivity index (χ2v) is 8.54. The Balaban J connectivity index is 2.02. The third kappa shape index (κ3) is 5.06. The molecule has 0 aliphatic carbocycles. The molecule has 1 atom stereocenters. The largest absolute Gasteiger partial charge is 0.339 e. The van der Waals surface area contributed by atoms with Crippen molar-refractivity contribution in [3.63, 3.8) is 0 Å². The third-order valence-electron chi connectivity index (χ3n) is 4.33. The van der Waals surface area contributed by atoms with E-state index in [1.807, 2.05) is 31.2 Å². The van der Waals surface area contributed by atoms with Gasteiger partial charge < -0.3 is 4.90 Å². The van der Waals surface area contributed by atoms with E-state index in [0.29, 0.717) is 17.9 Å². The van der Waals surface area contributed by atoms with Crippen LogP contribution in [0.2, 0.25) is 5.02 Å². The molecule has 2 aromatic rings. The molecule has 1 unspecified atom stereocenters. The van der Waals surface area contributed by atoms with Crippen LogP contribution in [0.5, 0.6) is 0 Å². The van der Waals surface area contributed by atoms with E-state index in [2.05, 4.69) is 0 Å². The minimum atomic E-state index is -3.22. The Bertz CT molecular complexity index is 847. The average molecular weight is 380 g/mol. The van der Waals surface area contributed by atoms with Crippen LogP contribution in [0.3, 0.4) is 0 Å². The lowest BCUT2D eigenvalue weighted by Crippen LogP contribution is -2.29. The second-order valence-electron chi connectivity index (χ2n) is 6.11. The zero-order valence-corrected chi connectivity index (χ0v) is 16.1. The average Bonchev–Trinajstić information content (AvgIpc) is 2.59. The van der Waals surface area contributed by atoms with E-state index in [1.54, 1.807) is 36.2 Å². The Labute approximate surface area is 154 Å². The number of carbonyl (C=O) groups is 1. The molecular weight excluding hydrogens is 358 g/mol. The van der Waals surface area contributed by atoms with Gasteiger partial charge in [0.2, 0.25) is 5.91 Å². The Kier molecular flexibility index (Phi) is 6.25. The fourth-order valence-electron chi connectivity index (χ4n) is 2.55. The predicted molar refractivity (Wildman–Crippen MR) is 101 cm³/mol. The molecule has 134 valence electrons. The summed E-state index contributed by atoms with van der Waals surface area (Å²) >= 11 is 6.12. The summed E-state index contributed by atoms with van der Waals surface area (Å²) in [5.74, 6) is 0.0135. The fourth-order valence-corrected chi connectivity index (χ4v) is 3.41. The van der Waals surface area contributed by atoms with Crippen molar-refractivity contribution in [1.82, 2.24) is 4.90 Å². The van der Waals surface area contributed by atoms with Gasteiger partial charge in [0.05, 0.1) is 10.9 Å². The van der Waals surface area contributed by atoms with Gasteiger partial charge >= 0.3 is 0 Å². The van der Waals surface area contributed by atoms with Gasteiger partial charge in [-0.15, -0.1) is 0 Å². The van der Waals surface area contributed by atoms with Crippen molar-refractivity contribution in [3.05, 3.63) is 64.7 Å². The Hall–Kier alpha value is -1.85. The van der Waals surface area contributed by atoms with Gasteiger partial charge in [-0.25, -0.2) is 8.42 Å². The first-order valence-electron chi connectivity index (χ1n) is 7.99. The molecule has 6 heteroatoms. The van der Waals surface area contributed by atoms with Gasteiger partial charge in [-0.2, -0.15) is 0 Å². The fraction of sp³-hybridized carbons (Fsp3) is 0.316. The molecular formula is C19H22ClNO3S. The van der Waals surface area contributed by atoms with Crippen LogP contribution < -0.4 is 0 Å². The van der Waals surface area contributed by atoms with Gasteiger partial charge in [0.25, 0.3) is 0 Å². The molecule has 0 N–H and O–H groups in total. The van der Waals surface area contributed by atoms with Crippen molar-refractivity contribution in [3.8, 4) is 0 Å². The highest BCUT2D eigenvalue weighted by molar-refractivity contribution is 7.90. The van der Waals surface area contributed by atoms with Crippen molar-refractivity contribution in [2.75, 3.05) is 13.3 Å². The quantitative estimate of drug-likeness (QED) is 0.764. The van der Waals surface area contributed by atoms with Crippen molar-refractivity contribution in [2.45, 2.75) is 30.7 Å². The number of amides is 1. The molecule has 0 radical (unpaired) electrons. The second kappa shape index (κ2) is 8.02. The molecule has 0 fully saturated rings. The maximum absolute atomic E-state index is 12.5. The SMILES string of the molecule is CC(c1ccc(S(C)(=O)=O)cc1)N(C)C(=O)CCc1ccccc1Cl. The monoisotopic (exact) mass is 379 g/mol. The lowest BCUT2D eigenvalue weighted by Gasteiger charge is -2.25. The lowest BCUT2D eigenvalue weighted by atomic mass is 10.1. The molecule has 2 rings (SSSR count). The molecule has 0 heterocycles. The van der Waals surface area contributed by atoms with Crippen LogP contribution in [0, 0.1) is 0 Å². The zero-order chi connectivity index (χ0) is 18.6. The number of sulfone groups is 1. The normalized spacial score (nSPS) is 12.6. The topological polar surface area (TPSA) is 54.5 Å². The Morgan fingerprint density at radius 3 is 2.28 bits per heavy atom. The summed E-state index contributed by atoms with van der Waals surface area (Å²) < 4.78 is 23.1. The highest BCUT2D eigenvalue weighted by Crippen LogP contribution is 2.22. The van der Waals surface area contributed by atoms with Crippen molar-refractivity contribution in [2.24, 2.45) is 0 Å². The van der Waals surface area contributed by atoms with E-state index >= 15 is 0 Å². The molecule has 0 saturated heterocycles. The van der Waals surface area contributed by atoms with Crippen LogP contribution >= 0.6 is 11.6 Å². The van der Waals surface area contributed by atoms with Gasteiger partial charge in [0.15, 0.2) is 9.84 Å². The van der Waals surface area contributed by atoms with E-state index < -0.39 is 9.84 Å². The lowest BCUT2D eigenvalue weighted by molar-refractivity contribution is -0.131. The number of hydrogen-bond donors (Lipinski definition) is 0. The first kappa shape index (κ1) is 19.5. The first-order valence-corrected chi connectivity index (χ1v) is 10.3. The summed E-state index contributed by atoms with van der Waals surface area (Å²) in [4.78, 5) is 14.4. The number of aryl methyl sites for hydroxylation is 1. The van der Waals surface area contributed by atoms with Gasteiger partial charge in [0, 0.05) is 24.7 Å². The summed E-state index contributed by atoms with van der Waals surface area (Å²) in [6.45, 7) is 1.92. The third-order valence-corrected chi connectivity index (χ3v) is 5.83. The van der Waals surface area contributed by atoms with Crippen LogP contribution in [0.25, 0.3) is 0 Å². The maximum atomic E-state index is 12.5. The number of rotatable bonds is 6. The van der Waals surface area contributed by atoms with Crippen LogP contribution in [0.4, 0.5) is 0 Å². The van der Waals surface area contributed by atoms with E-state index in [1.165, 1.54) is 6.26 Å². The summed E-state index contributed by atoms with van der Waals surface area (Å²) in [7, 11) is -1.46. The first-order chi connectivity index (χ1) is 11.7. The van der Waals surface area contributed by atoms with Gasteiger partial charge in [-0.1, -0.05) is 41.9 Å². The molecule has 2 aromatic carbocycles. The van der Waals surface area contributed by atoms with Crippen LogP contribution in [0.1, 0.15) is 30.5 Å². The van der Waals surface area contributed by atoms with Crippen LogP contribution in [-0.4, -0.2) is 32.5 Å². The van der Waals surface area contributed by atoms with Crippen LogP contribution in [0.15, 0.2) is 53.4 Å². The molecule has 4 nitrogen and oxygen atoms in total. The number of nitrogens with zero attached hydrogens (tertiary/aromatic N) is 1. The van der Waals surface area contributed by atoms with E-state index in [0.717, 1.165) is 11.1 Å². The molecule has 0 spiro atoms. The molecule has 0 aliphatic heterocycles. The highest BCUT2D eigenvalue weighted by atomic mass is 35.5. The van der Waals surface area contributed by atoms with Crippen LogP contribution in [-0.2, 0) is 21.1 Å². The predicted octanol–water partition coefficient (Wildman–Crippen LogP) is 3.90. The number of benzene rings is 2. The maximum Gasteiger partial charge on any atom is 0.223 e. The van der Waals surface area contributed by atoms with E-state index in [9.17, 15) is 13.2 Å². The molecule has 1 amide bonds. The van der Waals surface area contributed by atoms with Crippen molar-refractivity contribution >= 4 is 27.3 Å². The summed E-state index contributed by atoms with van der Waals surface area (Å²) in [6.07, 6.45) is 2.13. The minimum absolute atomic E-state index is 0.0135. The van der Waals surface area contributed by atoms with Gasteiger partial charge in [0.1, 0.15) is 0 Å². The molecule has 0 aliphatic rings. The standard InChI is InChI=1S/C19H22ClNO3S/c1-14(15-8-11-17(12-9-15)25(3,23)24)21(2)19(22)13-10-16-6-4-5-7-18(16)20/h4-9,11-12,14H,10,13H2,1-3H3. The smallest absolute Gasteiger partial charge is 0.223 e. The summed E-state index contributed by atoms with van der Waals surface area (Å²) in [6, 6.07) is 14.0. The molecule has 25 heavy (non-hydrogen) atoms. The number of halogens is 1. The Morgan fingerprint density at radius 2 is 1.72 bits per heavy atom. The Morgan fingerprint density at radius 1 is 1.12 bits per heavy atom. The van der Waals surface area contributed by atoms with E-state index in [4.69, 9.17) is 11.6 Å². The molecule has 0 saturated carbocycles. The summed E-state index contributed by atoms with van der Waals surface area (Å²) in [5.41, 5.74) is 1.84. The summed E-state index contributed by atoms with van der Waals surface area (Å²) in [5, 5.41) is 0.669. The van der Waals surface area contributed by atoms with Gasteiger partial charge in [-0.3, -0.25) is 4.79 Å². The number of hydrogen-bond acceptors (Lipinski definition) is 3. The molecule has 0 aromatic heterocycles.